The predicted molar refractivity (Wildman–Crippen MR) is 37.2 cm³/mol. The Bertz CT molecular complexity index is 328. The maximum absolute atomic E-state index is 10.6. The zero-order valence-corrected chi connectivity index (χ0v) is 6.27. The molecule has 1 aromatic heterocycles. The van der Waals surface area contributed by atoms with Gasteiger partial charge in [0, 0.05) is 0 Å². The number of rotatable bonds is 1. The fourth-order valence-corrected chi connectivity index (χ4v) is 0.695. The summed E-state index contributed by atoms with van der Waals surface area (Å²) < 4.78 is 4.40. The Morgan fingerprint density at radius 1 is 1.50 bits per heavy atom. The van der Waals surface area contributed by atoms with Gasteiger partial charge in [0.2, 0.25) is 5.75 Å². The van der Waals surface area contributed by atoms with Gasteiger partial charge in [0.1, 0.15) is 0 Å². The molecule has 0 radical (unpaired) electrons. The standard InChI is InChI=1S/C4H3BrN2O3/c5-10-2-1-6-4(9)7-3(2)8/h1H,(H2,6,7,8,9). The van der Waals surface area contributed by atoms with E-state index in [-0.39, 0.29) is 5.75 Å². The second-order valence-corrected chi connectivity index (χ2v) is 1.84. The summed E-state index contributed by atoms with van der Waals surface area (Å²) in [5, 5.41) is 0. The summed E-state index contributed by atoms with van der Waals surface area (Å²) >= 11 is 2.59. The minimum Gasteiger partial charge on any atom is -0.411 e. The topological polar surface area (TPSA) is 75.0 Å². The van der Waals surface area contributed by atoms with Gasteiger partial charge in [-0.2, -0.15) is 0 Å². The zero-order valence-electron chi connectivity index (χ0n) is 4.68. The lowest BCUT2D eigenvalue weighted by atomic mass is 10.6. The third-order valence-electron chi connectivity index (χ3n) is 0.868. The van der Waals surface area contributed by atoms with Crippen molar-refractivity contribution < 1.29 is 3.83 Å². The largest absolute Gasteiger partial charge is 0.411 e. The van der Waals surface area contributed by atoms with Gasteiger partial charge in [0.05, 0.1) is 6.20 Å². The fourth-order valence-electron chi connectivity index (χ4n) is 0.455. The summed E-state index contributed by atoms with van der Waals surface area (Å²) in [5.41, 5.74) is -1.13. The molecule has 0 atom stereocenters. The van der Waals surface area contributed by atoms with E-state index in [1.165, 1.54) is 0 Å². The molecule has 1 aromatic rings. The van der Waals surface area contributed by atoms with Crippen molar-refractivity contribution in [3.63, 3.8) is 0 Å². The van der Waals surface area contributed by atoms with Gasteiger partial charge in [-0.3, -0.25) is 9.78 Å². The highest BCUT2D eigenvalue weighted by Crippen LogP contribution is 1.98. The van der Waals surface area contributed by atoms with Gasteiger partial charge in [0.15, 0.2) is 16.3 Å². The molecule has 0 aliphatic rings. The molecule has 2 N–H and O–H groups in total. The van der Waals surface area contributed by atoms with Crippen LogP contribution in [-0.4, -0.2) is 9.97 Å². The van der Waals surface area contributed by atoms with E-state index in [2.05, 4.69) is 25.1 Å². The highest BCUT2D eigenvalue weighted by atomic mass is 79.9. The first-order valence-corrected chi connectivity index (χ1v) is 2.99. The second-order valence-electron chi connectivity index (χ2n) is 1.51. The molecule has 0 saturated heterocycles. The first-order chi connectivity index (χ1) is 4.74. The lowest BCUT2D eigenvalue weighted by molar-refractivity contribution is 0.653. The summed E-state index contributed by atoms with van der Waals surface area (Å²) in [6.07, 6.45) is 1.16. The van der Waals surface area contributed by atoms with Gasteiger partial charge >= 0.3 is 5.69 Å². The molecular weight excluding hydrogens is 204 g/mol. The van der Waals surface area contributed by atoms with Crippen molar-refractivity contribution in [3.05, 3.63) is 27.0 Å². The van der Waals surface area contributed by atoms with Crippen molar-refractivity contribution in [2.75, 3.05) is 0 Å². The molecule has 0 aromatic carbocycles. The average Bonchev–Trinajstić information content (AvgIpc) is 1.88. The summed E-state index contributed by atoms with van der Waals surface area (Å²) in [6, 6.07) is 0. The molecule has 0 aliphatic heterocycles. The molecule has 10 heavy (non-hydrogen) atoms. The van der Waals surface area contributed by atoms with Gasteiger partial charge in [-0.15, -0.1) is 0 Å². The van der Waals surface area contributed by atoms with Crippen molar-refractivity contribution in [1.29, 1.82) is 0 Å². The lowest BCUT2D eigenvalue weighted by Crippen LogP contribution is -2.21. The molecule has 0 bridgehead atoms. The van der Waals surface area contributed by atoms with Gasteiger partial charge < -0.3 is 8.81 Å². The minimum absolute atomic E-state index is 0.0135. The van der Waals surface area contributed by atoms with Crippen LogP contribution in [0, 0.1) is 0 Å². The molecule has 1 rings (SSSR count). The molecule has 54 valence electrons. The monoisotopic (exact) mass is 206 g/mol. The molecule has 5 nitrogen and oxygen atoms in total. The number of aromatic amines is 2. The maximum atomic E-state index is 10.6. The molecule has 0 amide bonds. The lowest BCUT2D eigenvalue weighted by Gasteiger charge is -1.90. The Labute approximate surface area is 63.5 Å². The third kappa shape index (κ3) is 1.27. The predicted octanol–water partition coefficient (Wildman–Crippen LogP) is -0.248. The van der Waals surface area contributed by atoms with Crippen molar-refractivity contribution in [1.82, 2.24) is 9.97 Å². The van der Waals surface area contributed by atoms with E-state index in [1.807, 2.05) is 4.98 Å². The molecule has 0 unspecified atom stereocenters. The summed E-state index contributed by atoms with van der Waals surface area (Å²) in [5.74, 6) is 0.0135. The molecule has 0 fully saturated rings. The fraction of sp³-hybridized carbons (Fsp3) is 0. The number of hydrogen-bond acceptors (Lipinski definition) is 3. The Hall–Kier alpha value is -1.04. The first kappa shape index (κ1) is 7.07. The van der Waals surface area contributed by atoms with Crippen molar-refractivity contribution in [3.8, 4) is 5.75 Å². The highest BCUT2D eigenvalue weighted by molar-refractivity contribution is 9.06. The van der Waals surface area contributed by atoms with Crippen LogP contribution in [0.2, 0.25) is 0 Å². The number of H-pyrrole nitrogens is 2. The van der Waals surface area contributed by atoms with E-state index >= 15 is 0 Å². The summed E-state index contributed by atoms with van der Waals surface area (Å²) in [4.78, 5) is 25.2. The van der Waals surface area contributed by atoms with E-state index in [0.29, 0.717) is 0 Å². The van der Waals surface area contributed by atoms with Crippen LogP contribution in [0.3, 0.4) is 0 Å². The van der Waals surface area contributed by atoms with E-state index in [1.54, 1.807) is 0 Å². The van der Waals surface area contributed by atoms with E-state index in [4.69, 9.17) is 0 Å². The van der Waals surface area contributed by atoms with Crippen LogP contribution in [0.1, 0.15) is 0 Å². The van der Waals surface area contributed by atoms with Gasteiger partial charge in [-0.25, -0.2) is 4.79 Å². The van der Waals surface area contributed by atoms with E-state index in [9.17, 15) is 9.59 Å². The van der Waals surface area contributed by atoms with Crippen LogP contribution in [0.4, 0.5) is 0 Å². The summed E-state index contributed by atoms with van der Waals surface area (Å²) in [7, 11) is 0. The number of halogens is 1. The Morgan fingerprint density at radius 2 is 2.20 bits per heavy atom. The second kappa shape index (κ2) is 2.70. The van der Waals surface area contributed by atoms with Crippen LogP contribution in [-0.2, 0) is 0 Å². The SMILES string of the molecule is O=c1[nH]cc(OBr)c(=O)[nH]1. The van der Waals surface area contributed by atoms with Gasteiger partial charge in [0.25, 0.3) is 5.56 Å². The zero-order chi connectivity index (χ0) is 7.56. The van der Waals surface area contributed by atoms with Crippen LogP contribution >= 0.6 is 16.3 Å². The number of aromatic nitrogens is 2. The van der Waals surface area contributed by atoms with Crippen molar-refractivity contribution >= 4 is 16.3 Å². The van der Waals surface area contributed by atoms with E-state index in [0.717, 1.165) is 6.20 Å². The average molecular weight is 207 g/mol. The number of hydrogen-bond donors (Lipinski definition) is 2. The minimum atomic E-state index is -0.569. The quantitative estimate of drug-likeness (QED) is 0.666. The maximum Gasteiger partial charge on any atom is 0.325 e. The smallest absolute Gasteiger partial charge is 0.325 e. The first-order valence-electron chi connectivity index (χ1n) is 2.34. The Kier molecular flexibility index (Phi) is 1.91. The normalized spacial score (nSPS) is 9.30. The van der Waals surface area contributed by atoms with Crippen LogP contribution in [0.5, 0.6) is 5.75 Å². The molecular formula is C4H3BrN2O3. The van der Waals surface area contributed by atoms with Crippen molar-refractivity contribution in [2.24, 2.45) is 0 Å². The molecule has 0 spiro atoms. The van der Waals surface area contributed by atoms with Crippen LogP contribution in [0.15, 0.2) is 15.8 Å². The third-order valence-corrected chi connectivity index (χ3v) is 1.22. The molecule has 6 heteroatoms. The van der Waals surface area contributed by atoms with Crippen LogP contribution < -0.4 is 15.1 Å². The van der Waals surface area contributed by atoms with Crippen LogP contribution in [0.25, 0.3) is 0 Å². The Morgan fingerprint density at radius 3 is 2.70 bits per heavy atom. The van der Waals surface area contributed by atoms with Gasteiger partial charge in [-0.1, -0.05) is 0 Å². The molecule has 0 saturated carbocycles. The summed E-state index contributed by atoms with van der Waals surface area (Å²) in [6.45, 7) is 0. The molecule has 0 aliphatic carbocycles. The molecule has 1 heterocycles. The van der Waals surface area contributed by atoms with Crippen molar-refractivity contribution in [2.45, 2.75) is 0 Å². The van der Waals surface area contributed by atoms with Gasteiger partial charge in [-0.05, 0) is 0 Å². The Balaban J connectivity index is 3.34. The number of nitrogens with one attached hydrogen (secondary N) is 2. The van der Waals surface area contributed by atoms with E-state index < -0.39 is 11.2 Å². The highest BCUT2D eigenvalue weighted by Gasteiger charge is 1.97.